The Labute approximate surface area is 130 Å². The quantitative estimate of drug-likeness (QED) is 0.669. The first-order chi connectivity index (χ1) is 10.0. The maximum Gasteiger partial charge on any atom is 0.288 e. The predicted octanol–water partition coefficient (Wildman–Crippen LogP) is 3.38. The van der Waals surface area contributed by atoms with Gasteiger partial charge in [0.05, 0.1) is 4.92 Å². The van der Waals surface area contributed by atoms with E-state index in [1.165, 1.54) is 12.8 Å². The fraction of sp³-hybridized carbons (Fsp3) is 0.600. The number of benzene rings is 1. The minimum atomic E-state index is -0.430. The van der Waals surface area contributed by atoms with E-state index in [4.69, 9.17) is 11.6 Å². The molecule has 1 aliphatic heterocycles. The Morgan fingerprint density at radius 1 is 1.52 bits per heavy atom. The smallest absolute Gasteiger partial charge is 0.288 e. The van der Waals surface area contributed by atoms with Gasteiger partial charge in [0.15, 0.2) is 0 Å². The summed E-state index contributed by atoms with van der Waals surface area (Å²) in [6.45, 7) is 7.97. The Balaban J connectivity index is 2.21. The summed E-state index contributed by atoms with van der Waals surface area (Å²) in [5.41, 5.74) is 1.88. The number of hydrogen-bond acceptors (Lipinski definition) is 4. The van der Waals surface area contributed by atoms with E-state index in [1.54, 1.807) is 12.1 Å². The Hall–Kier alpha value is -1.33. The molecule has 2 rings (SSSR count). The molecule has 116 valence electrons. The van der Waals surface area contributed by atoms with E-state index in [9.17, 15) is 10.1 Å². The second kappa shape index (κ2) is 7.09. The molecule has 0 spiro atoms. The van der Waals surface area contributed by atoms with Gasteiger partial charge < -0.3 is 10.2 Å². The highest BCUT2D eigenvalue weighted by atomic mass is 35.5. The summed E-state index contributed by atoms with van der Waals surface area (Å²) in [5, 5.41) is 14.6. The van der Waals surface area contributed by atoms with Crippen molar-refractivity contribution in [2.24, 2.45) is 5.92 Å². The summed E-state index contributed by atoms with van der Waals surface area (Å²) in [6, 6.07) is 3.30. The van der Waals surface area contributed by atoms with Crippen molar-refractivity contribution >= 4 is 23.0 Å². The van der Waals surface area contributed by atoms with Crippen LogP contribution in [0.15, 0.2) is 12.1 Å². The molecule has 0 saturated carbocycles. The van der Waals surface area contributed by atoms with E-state index in [2.05, 4.69) is 17.1 Å². The Kier molecular flexibility index (Phi) is 5.42. The molecule has 1 aliphatic rings. The van der Waals surface area contributed by atoms with Crippen LogP contribution in [0.1, 0.15) is 25.3 Å². The van der Waals surface area contributed by atoms with Crippen LogP contribution in [0, 0.1) is 23.0 Å². The average Bonchev–Trinajstić information content (AvgIpc) is 2.47. The van der Waals surface area contributed by atoms with Crippen molar-refractivity contribution in [2.45, 2.75) is 26.7 Å². The molecule has 5 nitrogen and oxygen atoms in total. The lowest BCUT2D eigenvalue weighted by atomic mass is 9.98. The molecule has 1 saturated heterocycles. The first-order valence-corrected chi connectivity index (χ1v) is 7.81. The van der Waals surface area contributed by atoms with Crippen LogP contribution in [0.3, 0.4) is 0 Å². The van der Waals surface area contributed by atoms with Crippen molar-refractivity contribution in [3.05, 3.63) is 32.8 Å². The van der Waals surface area contributed by atoms with Crippen LogP contribution in [-0.2, 0) is 0 Å². The van der Waals surface area contributed by atoms with Crippen LogP contribution in [0.4, 0.5) is 11.4 Å². The number of nitrogens with one attached hydrogen (secondary N) is 1. The lowest BCUT2D eigenvalue weighted by Crippen LogP contribution is -2.38. The summed E-state index contributed by atoms with van der Waals surface area (Å²) in [7, 11) is 0. The number of aryl methyl sites for hydroxylation is 1. The molecule has 0 bridgehead atoms. The summed E-state index contributed by atoms with van der Waals surface area (Å²) in [4.78, 5) is 12.8. The summed E-state index contributed by atoms with van der Waals surface area (Å²) >= 11 is 6.06. The van der Waals surface area contributed by atoms with Gasteiger partial charge >= 0.3 is 0 Å². The van der Waals surface area contributed by atoms with Gasteiger partial charge in [0.2, 0.25) is 0 Å². The normalized spacial score (nSPS) is 18.5. The molecular formula is C15H22ClN3O2. The number of rotatable bonds is 5. The second-order valence-corrected chi connectivity index (χ2v) is 6.01. The van der Waals surface area contributed by atoms with Gasteiger partial charge in [-0.25, -0.2) is 0 Å². The fourth-order valence-electron chi connectivity index (χ4n) is 2.93. The van der Waals surface area contributed by atoms with Gasteiger partial charge in [0, 0.05) is 24.8 Å². The number of nitro groups is 1. The van der Waals surface area contributed by atoms with Crippen molar-refractivity contribution in [1.82, 2.24) is 5.32 Å². The maximum absolute atomic E-state index is 10.9. The lowest BCUT2D eigenvalue weighted by Gasteiger charge is -2.32. The largest absolute Gasteiger partial charge is 0.371 e. The standard InChI is InChI=1S/C15H22ClN3O2/c1-3-18(10-12-5-4-6-17-9-12)14-8-13(16)15(19(20)21)7-11(14)2/h7-8,12,17H,3-6,9-10H2,1-2H3. The topological polar surface area (TPSA) is 58.4 Å². The van der Waals surface area contributed by atoms with Gasteiger partial charge in [-0.1, -0.05) is 11.6 Å². The van der Waals surface area contributed by atoms with Gasteiger partial charge in [-0.2, -0.15) is 0 Å². The van der Waals surface area contributed by atoms with Crippen molar-refractivity contribution in [3.8, 4) is 0 Å². The molecule has 1 unspecified atom stereocenters. The predicted molar refractivity (Wildman–Crippen MR) is 86.3 cm³/mol. The van der Waals surface area contributed by atoms with Crippen molar-refractivity contribution in [1.29, 1.82) is 0 Å². The van der Waals surface area contributed by atoms with Crippen molar-refractivity contribution < 1.29 is 4.92 Å². The number of anilines is 1. The first kappa shape index (κ1) is 16.0. The molecule has 21 heavy (non-hydrogen) atoms. The third kappa shape index (κ3) is 3.86. The minimum Gasteiger partial charge on any atom is -0.371 e. The lowest BCUT2D eigenvalue weighted by molar-refractivity contribution is -0.384. The molecule has 1 atom stereocenters. The Morgan fingerprint density at radius 3 is 2.86 bits per heavy atom. The van der Waals surface area contributed by atoms with Gasteiger partial charge in [-0.05, 0) is 57.3 Å². The van der Waals surface area contributed by atoms with Crippen molar-refractivity contribution in [3.63, 3.8) is 0 Å². The third-order valence-corrected chi connectivity index (χ3v) is 4.36. The van der Waals surface area contributed by atoms with E-state index in [0.29, 0.717) is 5.92 Å². The molecule has 0 aromatic heterocycles. The van der Waals surface area contributed by atoms with E-state index < -0.39 is 4.92 Å². The molecule has 0 radical (unpaired) electrons. The first-order valence-electron chi connectivity index (χ1n) is 7.43. The SMILES string of the molecule is CCN(CC1CCCNC1)c1cc(Cl)c([N+](=O)[O-])cc1C. The molecule has 0 amide bonds. The van der Waals surface area contributed by atoms with E-state index >= 15 is 0 Å². The van der Waals surface area contributed by atoms with Gasteiger partial charge in [-0.3, -0.25) is 10.1 Å². The number of hydrogen-bond donors (Lipinski definition) is 1. The van der Waals surface area contributed by atoms with E-state index in [0.717, 1.165) is 37.4 Å². The van der Waals surface area contributed by atoms with Crippen LogP contribution < -0.4 is 10.2 Å². The fourth-order valence-corrected chi connectivity index (χ4v) is 3.15. The van der Waals surface area contributed by atoms with Crippen LogP contribution in [0.2, 0.25) is 5.02 Å². The maximum atomic E-state index is 10.9. The third-order valence-electron chi connectivity index (χ3n) is 4.06. The summed E-state index contributed by atoms with van der Waals surface area (Å²) < 4.78 is 0. The highest BCUT2D eigenvalue weighted by molar-refractivity contribution is 6.33. The Bertz CT molecular complexity index is 516. The summed E-state index contributed by atoms with van der Waals surface area (Å²) in [5.74, 6) is 0.618. The summed E-state index contributed by atoms with van der Waals surface area (Å²) in [6.07, 6.45) is 2.44. The molecule has 1 aromatic carbocycles. The molecule has 1 fully saturated rings. The van der Waals surface area contributed by atoms with Crippen LogP contribution >= 0.6 is 11.6 Å². The van der Waals surface area contributed by atoms with Crippen LogP contribution in [0.5, 0.6) is 0 Å². The van der Waals surface area contributed by atoms with Crippen LogP contribution in [0.25, 0.3) is 0 Å². The molecule has 1 N–H and O–H groups in total. The Morgan fingerprint density at radius 2 is 2.29 bits per heavy atom. The molecule has 6 heteroatoms. The number of piperidine rings is 1. The average molecular weight is 312 g/mol. The number of halogens is 1. The van der Waals surface area contributed by atoms with Crippen molar-refractivity contribution in [2.75, 3.05) is 31.1 Å². The highest BCUT2D eigenvalue weighted by Gasteiger charge is 2.21. The monoisotopic (exact) mass is 311 g/mol. The molecular weight excluding hydrogens is 290 g/mol. The van der Waals surface area contributed by atoms with E-state index in [-0.39, 0.29) is 10.7 Å². The zero-order chi connectivity index (χ0) is 15.4. The number of nitro benzene ring substituents is 1. The molecule has 1 heterocycles. The van der Waals surface area contributed by atoms with Gasteiger partial charge in [0.1, 0.15) is 5.02 Å². The van der Waals surface area contributed by atoms with Gasteiger partial charge in [0.25, 0.3) is 5.69 Å². The van der Waals surface area contributed by atoms with Gasteiger partial charge in [-0.15, -0.1) is 0 Å². The van der Waals surface area contributed by atoms with Crippen LogP contribution in [-0.4, -0.2) is 31.1 Å². The highest BCUT2D eigenvalue weighted by Crippen LogP contribution is 2.33. The van der Waals surface area contributed by atoms with E-state index in [1.807, 2.05) is 6.92 Å². The number of nitrogens with zero attached hydrogens (tertiary/aromatic N) is 2. The molecule has 0 aliphatic carbocycles. The second-order valence-electron chi connectivity index (χ2n) is 5.60. The zero-order valence-electron chi connectivity index (χ0n) is 12.6. The minimum absolute atomic E-state index is 0.0201. The molecule has 1 aromatic rings. The zero-order valence-corrected chi connectivity index (χ0v) is 13.3.